The molecule has 0 aliphatic carbocycles. The Morgan fingerprint density at radius 1 is 1.37 bits per heavy atom. The highest BCUT2D eigenvalue weighted by molar-refractivity contribution is 7.99. The molecular formula is C13H20N2O2S2. The van der Waals surface area contributed by atoms with Crippen LogP contribution in [-0.2, 0) is 10.0 Å². The van der Waals surface area contributed by atoms with E-state index in [4.69, 9.17) is 5.73 Å². The van der Waals surface area contributed by atoms with Crippen molar-refractivity contribution in [3.63, 3.8) is 0 Å². The van der Waals surface area contributed by atoms with Gasteiger partial charge in [-0.25, -0.2) is 13.1 Å². The van der Waals surface area contributed by atoms with Crippen LogP contribution in [0.5, 0.6) is 0 Å². The first-order valence-corrected chi connectivity index (χ1v) is 9.06. The average Bonchev–Trinajstić information content (AvgIpc) is 2.41. The summed E-state index contributed by atoms with van der Waals surface area (Å²) in [6.07, 6.45) is 2.17. The van der Waals surface area contributed by atoms with Gasteiger partial charge in [0.15, 0.2) is 0 Å². The predicted octanol–water partition coefficient (Wildman–Crippen LogP) is 2.00. The van der Waals surface area contributed by atoms with Crippen LogP contribution in [0.25, 0.3) is 0 Å². The number of nitrogen functional groups attached to an aromatic ring is 1. The quantitative estimate of drug-likeness (QED) is 0.834. The van der Waals surface area contributed by atoms with Crippen molar-refractivity contribution in [1.82, 2.24) is 4.72 Å². The second-order valence-corrected chi connectivity index (χ2v) is 7.92. The van der Waals surface area contributed by atoms with Gasteiger partial charge in [-0.05, 0) is 54.9 Å². The third-order valence-electron chi connectivity index (χ3n) is 3.46. The topological polar surface area (TPSA) is 72.2 Å². The summed E-state index contributed by atoms with van der Waals surface area (Å²) in [6, 6.07) is 4.86. The summed E-state index contributed by atoms with van der Waals surface area (Å²) < 4.78 is 27.0. The summed E-state index contributed by atoms with van der Waals surface area (Å²) in [5.74, 6) is 2.71. The minimum Gasteiger partial charge on any atom is -0.398 e. The molecule has 0 spiro atoms. The van der Waals surface area contributed by atoms with Crippen molar-refractivity contribution < 1.29 is 8.42 Å². The summed E-state index contributed by atoms with van der Waals surface area (Å²) in [4.78, 5) is 0.251. The number of nitrogens with two attached hydrogens (primary N) is 1. The van der Waals surface area contributed by atoms with Crippen LogP contribution in [0, 0.1) is 12.8 Å². The van der Waals surface area contributed by atoms with Gasteiger partial charge in [-0.3, -0.25) is 0 Å². The highest BCUT2D eigenvalue weighted by Crippen LogP contribution is 2.23. The van der Waals surface area contributed by atoms with Crippen LogP contribution in [0.4, 0.5) is 5.69 Å². The fraction of sp³-hybridized carbons (Fsp3) is 0.538. The van der Waals surface area contributed by atoms with Crippen LogP contribution >= 0.6 is 11.8 Å². The van der Waals surface area contributed by atoms with Crippen molar-refractivity contribution in [2.75, 3.05) is 23.8 Å². The van der Waals surface area contributed by atoms with Crippen LogP contribution in [0.15, 0.2) is 23.1 Å². The maximum atomic E-state index is 12.2. The van der Waals surface area contributed by atoms with E-state index < -0.39 is 10.0 Å². The first kappa shape index (κ1) is 14.7. The Morgan fingerprint density at radius 2 is 2.05 bits per heavy atom. The summed E-state index contributed by atoms with van der Waals surface area (Å²) in [5, 5.41) is 0. The molecule has 1 saturated heterocycles. The Morgan fingerprint density at radius 3 is 2.68 bits per heavy atom. The number of anilines is 1. The Balaban J connectivity index is 2.02. The van der Waals surface area contributed by atoms with E-state index in [2.05, 4.69) is 4.72 Å². The second-order valence-electron chi connectivity index (χ2n) is 4.93. The van der Waals surface area contributed by atoms with E-state index in [0.29, 0.717) is 18.2 Å². The number of rotatable bonds is 4. The largest absolute Gasteiger partial charge is 0.398 e. The number of sulfonamides is 1. The van der Waals surface area contributed by atoms with Gasteiger partial charge in [0.2, 0.25) is 10.0 Å². The SMILES string of the molecule is Cc1ccc(S(=O)(=O)NCC2CCSCC2)cc1N. The zero-order chi connectivity index (χ0) is 13.9. The van der Waals surface area contributed by atoms with E-state index >= 15 is 0 Å². The smallest absolute Gasteiger partial charge is 0.240 e. The van der Waals surface area contributed by atoms with Gasteiger partial charge in [0.25, 0.3) is 0 Å². The summed E-state index contributed by atoms with van der Waals surface area (Å²) >= 11 is 1.94. The molecule has 0 saturated carbocycles. The summed E-state index contributed by atoms with van der Waals surface area (Å²) in [5.41, 5.74) is 7.16. The van der Waals surface area contributed by atoms with Crippen LogP contribution in [-0.4, -0.2) is 26.5 Å². The molecule has 1 aliphatic rings. The molecule has 19 heavy (non-hydrogen) atoms. The van der Waals surface area contributed by atoms with Gasteiger partial charge in [0.1, 0.15) is 0 Å². The minimum absolute atomic E-state index is 0.251. The zero-order valence-corrected chi connectivity index (χ0v) is 12.7. The number of nitrogens with one attached hydrogen (secondary N) is 1. The minimum atomic E-state index is -3.44. The van der Waals surface area contributed by atoms with E-state index in [1.165, 1.54) is 6.07 Å². The number of benzene rings is 1. The molecule has 3 N–H and O–H groups in total. The molecular weight excluding hydrogens is 280 g/mol. The van der Waals surface area contributed by atoms with Gasteiger partial charge < -0.3 is 5.73 Å². The molecule has 2 rings (SSSR count). The van der Waals surface area contributed by atoms with Crippen LogP contribution < -0.4 is 10.5 Å². The molecule has 0 amide bonds. The van der Waals surface area contributed by atoms with Crippen LogP contribution in [0.2, 0.25) is 0 Å². The van der Waals surface area contributed by atoms with E-state index in [1.807, 2.05) is 18.7 Å². The maximum Gasteiger partial charge on any atom is 0.240 e. The van der Waals surface area contributed by atoms with E-state index in [0.717, 1.165) is 29.9 Å². The van der Waals surface area contributed by atoms with Gasteiger partial charge in [0, 0.05) is 12.2 Å². The molecule has 1 aromatic rings. The fourth-order valence-electron chi connectivity index (χ4n) is 2.05. The molecule has 1 heterocycles. The predicted molar refractivity (Wildman–Crippen MR) is 80.8 cm³/mol. The lowest BCUT2D eigenvalue weighted by atomic mass is 10.0. The van der Waals surface area contributed by atoms with E-state index in [9.17, 15) is 8.42 Å². The number of hydrogen-bond acceptors (Lipinski definition) is 4. The van der Waals surface area contributed by atoms with Crippen molar-refractivity contribution >= 4 is 27.5 Å². The van der Waals surface area contributed by atoms with Crippen molar-refractivity contribution in [3.05, 3.63) is 23.8 Å². The molecule has 1 aliphatic heterocycles. The molecule has 0 bridgehead atoms. The fourth-order valence-corrected chi connectivity index (χ4v) is 4.40. The third kappa shape index (κ3) is 3.87. The molecule has 6 heteroatoms. The maximum absolute atomic E-state index is 12.2. The zero-order valence-electron chi connectivity index (χ0n) is 11.1. The standard InChI is InChI=1S/C13H20N2O2S2/c1-10-2-3-12(8-13(10)14)19(16,17)15-9-11-4-6-18-7-5-11/h2-3,8,11,15H,4-7,9,14H2,1H3. The number of thioether (sulfide) groups is 1. The second kappa shape index (κ2) is 6.15. The normalized spacial score (nSPS) is 17.5. The molecule has 0 atom stereocenters. The van der Waals surface area contributed by atoms with E-state index in [1.54, 1.807) is 12.1 Å². The first-order valence-electron chi connectivity index (χ1n) is 6.42. The van der Waals surface area contributed by atoms with Gasteiger partial charge in [-0.2, -0.15) is 11.8 Å². The van der Waals surface area contributed by atoms with Gasteiger partial charge in [0.05, 0.1) is 4.90 Å². The van der Waals surface area contributed by atoms with Crippen LogP contribution in [0.3, 0.4) is 0 Å². The Kier molecular flexibility index (Phi) is 4.76. The molecule has 1 fully saturated rings. The number of aryl methyl sites for hydroxylation is 1. The lowest BCUT2D eigenvalue weighted by molar-refractivity contribution is 0.476. The highest BCUT2D eigenvalue weighted by atomic mass is 32.2. The summed E-state index contributed by atoms with van der Waals surface area (Å²) in [6.45, 7) is 2.38. The Labute approximate surface area is 119 Å². The Bertz CT molecular complexity index is 538. The van der Waals surface area contributed by atoms with Crippen LogP contribution in [0.1, 0.15) is 18.4 Å². The van der Waals surface area contributed by atoms with Crippen molar-refractivity contribution in [3.8, 4) is 0 Å². The highest BCUT2D eigenvalue weighted by Gasteiger charge is 2.19. The molecule has 0 radical (unpaired) electrons. The molecule has 1 aromatic carbocycles. The van der Waals surface area contributed by atoms with Crippen molar-refractivity contribution in [1.29, 1.82) is 0 Å². The van der Waals surface area contributed by atoms with Gasteiger partial charge in [-0.1, -0.05) is 6.07 Å². The first-order chi connectivity index (χ1) is 8.99. The van der Waals surface area contributed by atoms with Gasteiger partial charge in [-0.15, -0.1) is 0 Å². The van der Waals surface area contributed by atoms with E-state index in [-0.39, 0.29) is 4.90 Å². The molecule has 0 unspecified atom stereocenters. The average molecular weight is 300 g/mol. The molecule has 4 nitrogen and oxygen atoms in total. The lowest BCUT2D eigenvalue weighted by Crippen LogP contribution is -2.31. The molecule has 0 aromatic heterocycles. The lowest BCUT2D eigenvalue weighted by Gasteiger charge is -2.21. The number of hydrogen-bond donors (Lipinski definition) is 2. The Hall–Kier alpha value is -0.720. The molecule has 106 valence electrons. The van der Waals surface area contributed by atoms with Gasteiger partial charge >= 0.3 is 0 Å². The van der Waals surface area contributed by atoms with Crippen molar-refractivity contribution in [2.45, 2.75) is 24.7 Å². The third-order valence-corrected chi connectivity index (χ3v) is 5.93. The monoisotopic (exact) mass is 300 g/mol. The summed E-state index contributed by atoms with van der Waals surface area (Å²) in [7, 11) is -3.44. The van der Waals surface area contributed by atoms with Crippen molar-refractivity contribution in [2.24, 2.45) is 5.92 Å².